The summed E-state index contributed by atoms with van der Waals surface area (Å²) in [4.78, 5) is 20.6. The second-order valence-electron chi connectivity index (χ2n) is 10.5. The van der Waals surface area contributed by atoms with Gasteiger partial charge in [0.2, 0.25) is 0 Å². The predicted octanol–water partition coefficient (Wildman–Crippen LogP) is 3.30. The molecule has 1 saturated carbocycles. The molecule has 3 N–H and O–H groups in total. The molecule has 35 heavy (non-hydrogen) atoms. The summed E-state index contributed by atoms with van der Waals surface area (Å²) >= 11 is 0. The summed E-state index contributed by atoms with van der Waals surface area (Å²) in [5, 5.41) is 10.8. The molecule has 1 aliphatic carbocycles. The maximum Gasteiger partial charge on any atom is 0.311 e. The summed E-state index contributed by atoms with van der Waals surface area (Å²) in [5.41, 5.74) is 10.9. The van der Waals surface area contributed by atoms with E-state index in [0.717, 1.165) is 55.1 Å². The van der Waals surface area contributed by atoms with E-state index in [0.29, 0.717) is 18.0 Å². The highest BCUT2D eigenvalue weighted by atomic mass is 16.5. The first-order valence-corrected chi connectivity index (χ1v) is 12.6. The minimum Gasteiger partial charge on any atom is -0.496 e. The Hall–Kier alpha value is -2.90. The van der Waals surface area contributed by atoms with E-state index >= 15 is 0 Å². The topological polar surface area (TPSA) is 97.4 Å². The lowest BCUT2D eigenvalue weighted by Crippen LogP contribution is -2.63. The molecule has 0 bridgehead atoms. The van der Waals surface area contributed by atoms with Gasteiger partial charge in [-0.2, -0.15) is 0 Å². The van der Waals surface area contributed by atoms with E-state index in [1.54, 1.807) is 7.11 Å². The van der Waals surface area contributed by atoms with Gasteiger partial charge in [0.25, 0.3) is 0 Å². The normalized spacial score (nSPS) is 33.6. The van der Waals surface area contributed by atoms with Crippen molar-refractivity contribution < 1.29 is 19.4 Å². The van der Waals surface area contributed by atoms with Crippen LogP contribution < -0.4 is 10.5 Å². The van der Waals surface area contributed by atoms with Crippen LogP contribution in [0.4, 0.5) is 11.4 Å². The second-order valence-corrected chi connectivity index (χ2v) is 10.5. The van der Waals surface area contributed by atoms with Gasteiger partial charge in [-0.05, 0) is 67.3 Å². The van der Waals surface area contributed by atoms with Gasteiger partial charge in [-0.25, -0.2) is 0 Å². The number of nitrogen functional groups attached to an aromatic ring is 1. The second kappa shape index (κ2) is 8.35. The van der Waals surface area contributed by atoms with Crippen LogP contribution in [0.2, 0.25) is 0 Å². The third-order valence-electron chi connectivity index (χ3n) is 9.01. The first-order valence-electron chi connectivity index (χ1n) is 12.6. The molecule has 0 amide bonds. The average molecular weight is 476 g/mol. The van der Waals surface area contributed by atoms with Gasteiger partial charge >= 0.3 is 5.97 Å². The van der Waals surface area contributed by atoms with Crippen LogP contribution >= 0.6 is 0 Å². The molecule has 7 heteroatoms. The Morgan fingerprint density at radius 1 is 1.17 bits per heavy atom. The number of benzene rings is 2. The largest absolute Gasteiger partial charge is 0.496 e. The number of hydrogen-bond acceptors (Lipinski definition) is 7. The highest BCUT2D eigenvalue weighted by Crippen LogP contribution is 2.55. The van der Waals surface area contributed by atoms with Gasteiger partial charge < -0.3 is 20.3 Å². The zero-order valence-corrected chi connectivity index (χ0v) is 20.3. The van der Waals surface area contributed by atoms with E-state index in [1.807, 2.05) is 24.3 Å². The summed E-state index contributed by atoms with van der Waals surface area (Å²) in [7, 11) is 3.12. The fraction of sp³-hybridized carbons (Fsp3) is 0.500. The quantitative estimate of drug-likeness (QED) is 0.522. The van der Waals surface area contributed by atoms with Gasteiger partial charge in [-0.1, -0.05) is 18.2 Å². The van der Waals surface area contributed by atoms with Crippen molar-refractivity contribution in [2.75, 3.05) is 33.0 Å². The molecule has 0 aromatic heterocycles. The molecule has 0 spiro atoms. The maximum atomic E-state index is 12.7. The first kappa shape index (κ1) is 22.6. The minimum atomic E-state index is -0.652. The number of anilines is 1. The summed E-state index contributed by atoms with van der Waals surface area (Å²) in [6, 6.07) is 14.3. The number of esters is 1. The molecule has 2 saturated heterocycles. The van der Waals surface area contributed by atoms with Crippen molar-refractivity contribution in [1.29, 1.82) is 0 Å². The zero-order valence-electron chi connectivity index (χ0n) is 20.3. The van der Waals surface area contributed by atoms with E-state index in [2.05, 4.69) is 23.1 Å². The summed E-state index contributed by atoms with van der Waals surface area (Å²) < 4.78 is 11.0. The first-order chi connectivity index (χ1) is 17.0. The molecule has 3 fully saturated rings. The molecule has 3 heterocycles. The fourth-order valence-electron chi connectivity index (χ4n) is 7.46. The van der Waals surface area contributed by atoms with Crippen molar-refractivity contribution in [2.24, 2.45) is 22.7 Å². The lowest BCUT2D eigenvalue weighted by molar-refractivity contribution is -0.159. The van der Waals surface area contributed by atoms with E-state index in [9.17, 15) is 9.90 Å². The van der Waals surface area contributed by atoms with Crippen LogP contribution in [-0.2, 0) is 14.9 Å². The van der Waals surface area contributed by atoms with Crippen LogP contribution in [0.1, 0.15) is 36.8 Å². The number of nitrogens with zero attached hydrogens (tertiary/aromatic N) is 2. The number of piperidine rings is 2. The lowest BCUT2D eigenvalue weighted by atomic mass is 9.59. The molecule has 184 valence electrons. The van der Waals surface area contributed by atoms with E-state index in [1.165, 1.54) is 12.7 Å². The monoisotopic (exact) mass is 475 g/mol. The Morgan fingerprint density at radius 2 is 2.00 bits per heavy atom. The Bertz CT molecular complexity index is 1200. The lowest BCUT2D eigenvalue weighted by Gasteiger charge is -2.54. The van der Waals surface area contributed by atoms with Crippen LogP contribution in [0.3, 0.4) is 0 Å². The maximum absolute atomic E-state index is 12.7. The molecule has 6 atom stereocenters. The van der Waals surface area contributed by atoms with E-state index in [-0.39, 0.29) is 17.9 Å². The number of aliphatic imine (C=N–C) groups is 1. The number of nitrogens with two attached hydrogens (primary N) is 1. The predicted molar refractivity (Wildman–Crippen MR) is 134 cm³/mol. The molecule has 2 aromatic carbocycles. The van der Waals surface area contributed by atoms with Gasteiger partial charge in [-0.3, -0.25) is 14.7 Å². The number of aliphatic hydroxyl groups is 1. The number of carbonyl (C=O) groups excluding carboxylic acids is 1. The van der Waals surface area contributed by atoms with Crippen LogP contribution in [0.5, 0.6) is 5.75 Å². The summed E-state index contributed by atoms with van der Waals surface area (Å²) in [5.74, 6) is 0.474. The van der Waals surface area contributed by atoms with E-state index in [4.69, 9.17) is 20.2 Å². The Morgan fingerprint density at radius 3 is 2.80 bits per heavy atom. The summed E-state index contributed by atoms with van der Waals surface area (Å²) in [6.07, 6.45) is 2.60. The molecule has 0 radical (unpaired) electrons. The van der Waals surface area contributed by atoms with Crippen molar-refractivity contribution in [2.45, 2.75) is 43.2 Å². The molecule has 4 aliphatic rings. The molecule has 7 nitrogen and oxygen atoms in total. The number of carbonyl (C=O) groups is 1. The summed E-state index contributed by atoms with van der Waals surface area (Å²) in [6.45, 7) is 1.83. The highest BCUT2D eigenvalue weighted by molar-refractivity contribution is 6.09. The van der Waals surface area contributed by atoms with Gasteiger partial charge in [0.15, 0.2) is 0 Å². The van der Waals surface area contributed by atoms with Crippen molar-refractivity contribution in [1.82, 2.24) is 4.90 Å². The van der Waals surface area contributed by atoms with Crippen molar-refractivity contribution in [3.63, 3.8) is 0 Å². The SMILES string of the molecule is COC(=O)[C@@H]1[C@H]2C[C@H]3C4=Nc5ccccc5[C@@]4(c4cc(N)ccc4OC)CCN3C[C@@H]2CC[C@@H]1O. The van der Waals surface area contributed by atoms with E-state index < -0.39 is 17.4 Å². The number of para-hydroxylation sites is 1. The van der Waals surface area contributed by atoms with Crippen LogP contribution in [-0.4, -0.2) is 61.1 Å². The van der Waals surface area contributed by atoms with Crippen LogP contribution in [0.15, 0.2) is 47.5 Å². The smallest absolute Gasteiger partial charge is 0.311 e. The van der Waals surface area contributed by atoms with Crippen molar-refractivity contribution in [3.8, 4) is 5.75 Å². The number of rotatable bonds is 3. The molecule has 3 aliphatic heterocycles. The Kier molecular flexibility index (Phi) is 5.38. The zero-order chi connectivity index (χ0) is 24.3. The minimum absolute atomic E-state index is 0.0670. The molecule has 6 rings (SSSR count). The van der Waals surface area contributed by atoms with Crippen molar-refractivity contribution in [3.05, 3.63) is 53.6 Å². The molecule has 0 unspecified atom stereocenters. The highest BCUT2D eigenvalue weighted by Gasteiger charge is 2.57. The van der Waals surface area contributed by atoms with Gasteiger partial charge in [0.05, 0.1) is 43.1 Å². The van der Waals surface area contributed by atoms with Crippen LogP contribution in [0, 0.1) is 17.8 Å². The number of hydrogen-bond donors (Lipinski definition) is 2. The Labute approximate surface area is 205 Å². The number of methoxy groups -OCH3 is 2. The third kappa shape index (κ3) is 3.24. The third-order valence-corrected chi connectivity index (χ3v) is 9.01. The number of ether oxygens (including phenoxy) is 2. The fourth-order valence-corrected chi connectivity index (χ4v) is 7.46. The van der Waals surface area contributed by atoms with Crippen molar-refractivity contribution >= 4 is 23.1 Å². The Balaban J connectivity index is 1.48. The number of fused-ring (bicyclic) bond motifs is 6. The van der Waals surface area contributed by atoms with Gasteiger partial charge in [0, 0.05) is 30.4 Å². The van der Waals surface area contributed by atoms with Gasteiger partial charge in [-0.15, -0.1) is 0 Å². The molecule has 2 aromatic rings. The standard InChI is InChI=1S/C28H33N3O4/c1-34-24-10-8-17(29)13-20(24)28-11-12-31-15-16-7-9-23(32)25(27(33)35-2)18(16)14-22(31)26(28)30-21-6-4-3-5-19(21)28/h3-6,8,10,13,16,18,22-23,25,32H,7,9,11-12,14-15,29H2,1-2H3/t16-,18-,22-,23-,25+,28+/m0/s1. The van der Waals surface area contributed by atoms with Gasteiger partial charge in [0.1, 0.15) is 5.75 Å². The van der Waals surface area contributed by atoms with Crippen LogP contribution in [0.25, 0.3) is 0 Å². The molecular weight excluding hydrogens is 442 g/mol. The number of aliphatic hydroxyl groups excluding tert-OH is 1. The average Bonchev–Trinajstić information content (AvgIpc) is 3.23. The molecular formula is C28H33N3O4.